The van der Waals surface area contributed by atoms with E-state index in [1.807, 2.05) is 6.92 Å². The Morgan fingerprint density at radius 3 is 2.78 bits per heavy atom. The van der Waals surface area contributed by atoms with Crippen molar-refractivity contribution >= 4 is 5.91 Å². The number of carbonyl (C=O) groups excluding carboxylic acids is 1. The maximum atomic E-state index is 11.7. The first-order chi connectivity index (χ1) is 8.50. The van der Waals surface area contributed by atoms with Crippen molar-refractivity contribution in [2.24, 2.45) is 5.92 Å². The van der Waals surface area contributed by atoms with Gasteiger partial charge < -0.3 is 15.2 Å². The van der Waals surface area contributed by atoms with E-state index in [0.717, 1.165) is 5.56 Å². The number of phenolic OH excluding ortho intramolecular Hbond substituents is 1. The lowest BCUT2D eigenvalue weighted by Crippen LogP contribution is -2.27. The number of benzene rings is 1. The fraction of sp³-hybridized carbons (Fsp3) is 0.500. The summed E-state index contributed by atoms with van der Waals surface area (Å²) in [6.07, 6.45) is 0. The van der Waals surface area contributed by atoms with E-state index in [9.17, 15) is 9.90 Å². The number of rotatable bonds is 6. The van der Waals surface area contributed by atoms with Gasteiger partial charge in [0.1, 0.15) is 5.75 Å². The summed E-state index contributed by atoms with van der Waals surface area (Å²) in [5.74, 6) is 0.220. The predicted octanol–water partition coefficient (Wildman–Crippen LogP) is 2.10. The molecule has 0 radical (unpaired) electrons. The van der Waals surface area contributed by atoms with Gasteiger partial charge in [0.25, 0.3) is 5.91 Å². The molecule has 0 saturated heterocycles. The van der Waals surface area contributed by atoms with Crippen molar-refractivity contribution in [3.63, 3.8) is 0 Å². The molecule has 0 saturated carbocycles. The molecule has 1 aromatic carbocycles. The molecule has 2 N–H and O–H groups in total. The van der Waals surface area contributed by atoms with Gasteiger partial charge in [-0.15, -0.1) is 0 Å². The Labute approximate surface area is 108 Å². The summed E-state index contributed by atoms with van der Waals surface area (Å²) < 4.78 is 5.35. The van der Waals surface area contributed by atoms with E-state index in [0.29, 0.717) is 31.2 Å². The molecule has 1 aromatic rings. The quantitative estimate of drug-likeness (QED) is 0.761. The van der Waals surface area contributed by atoms with E-state index in [2.05, 4.69) is 19.2 Å². The first-order valence-electron chi connectivity index (χ1n) is 6.16. The van der Waals surface area contributed by atoms with E-state index in [-0.39, 0.29) is 11.7 Å². The number of hydrogen-bond acceptors (Lipinski definition) is 3. The molecule has 4 nitrogen and oxygen atoms in total. The monoisotopic (exact) mass is 251 g/mol. The molecule has 0 aliphatic heterocycles. The second-order valence-corrected chi connectivity index (χ2v) is 4.75. The highest BCUT2D eigenvalue weighted by molar-refractivity contribution is 5.96. The number of hydrogen-bond donors (Lipinski definition) is 2. The molecule has 100 valence electrons. The Bertz CT molecular complexity index is 402. The van der Waals surface area contributed by atoms with Crippen LogP contribution in [0.5, 0.6) is 5.75 Å². The van der Waals surface area contributed by atoms with E-state index in [4.69, 9.17) is 4.74 Å². The SMILES string of the molecule is Cc1ccc(C(=O)NCCOCC(C)C)c(O)c1. The van der Waals surface area contributed by atoms with Crippen LogP contribution < -0.4 is 5.32 Å². The topological polar surface area (TPSA) is 58.6 Å². The molecular formula is C14H21NO3. The summed E-state index contributed by atoms with van der Waals surface area (Å²) in [6.45, 7) is 7.62. The van der Waals surface area contributed by atoms with Crippen molar-refractivity contribution in [3.05, 3.63) is 29.3 Å². The van der Waals surface area contributed by atoms with Crippen LogP contribution >= 0.6 is 0 Å². The molecule has 0 unspecified atom stereocenters. The molecule has 0 bridgehead atoms. The third kappa shape index (κ3) is 4.75. The number of nitrogens with one attached hydrogen (secondary N) is 1. The molecule has 18 heavy (non-hydrogen) atoms. The number of amides is 1. The number of aromatic hydroxyl groups is 1. The molecule has 0 heterocycles. The number of carbonyl (C=O) groups is 1. The smallest absolute Gasteiger partial charge is 0.255 e. The second kappa shape index (κ2) is 7.01. The molecule has 1 rings (SSSR count). The first-order valence-corrected chi connectivity index (χ1v) is 6.16. The van der Waals surface area contributed by atoms with Crippen molar-refractivity contribution < 1.29 is 14.6 Å². The summed E-state index contributed by atoms with van der Waals surface area (Å²) in [7, 11) is 0. The van der Waals surface area contributed by atoms with Gasteiger partial charge in [0.05, 0.1) is 12.2 Å². The van der Waals surface area contributed by atoms with Gasteiger partial charge in [-0.2, -0.15) is 0 Å². The standard InChI is InChI=1S/C14H21NO3/c1-10(2)9-18-7-6-15-14(17)12-5-4-11(3)8-13(12)16/h4-5,8,10,16H,6-7,9H2,1-3H3,(H,15,17). The molecule has 4 heteroatoms. The summed E-state index contributed by atoms with van der Waals surface area (Å²) in [5.41, 5.74) is 1.22. The molecular weight excluding hydrogens is 230 g/mol. The van der Waals surface area contributed by atoms with E-state index in [1.54, 1.807) is 18.2 Å². The molecule has 0 atom stereocenters. The Morgan fingerprint density at radius 2 is 2.17 bits per heavy atom. The lowest BCUT2D eigenvalue weighted by Gasteiger charge is -2.09. The molecule has 0 fully saturated rings. The minimum atomic E-state index is -0.277. The van der Waals surface area contributed by atoms with Crippen LogP contribution in [0.25, 0.3) is 0 Å². The molecule has 0 aliphatic rings. The summed E-state index contributed by atoms with van der Waals surface area (Å²) in [4.78, 5) is 11.7. The number of phenols is 1. The lowest BCUT2D eigenvalue weighted by atomic mass is 10.1. The Balaban J connectivity index is 2.36. The second-order valence-electron chi connectivity index (χ2n) is 4.75. The van der Waals surface area contributed by atoms with Crippen molar-refractivity contribution in [2.75, 3.05) is 19.8 Å². The van der Waals surface area contributed by atoms with Crippen LogP contribution in [0.4, 0.5) is 0 Å². The summed E-state index contributed by atoms with van der Waals surface area (Å²) >= 11 is 0. The minimum absolute atomic E-state index is 0.00981. The van der Waals surface area contributed by atoms with Crippen molar-refractivity contribution in [1.29, 1.82) is 0 Å². The Morgan fingerprint density at radius 1 is 1.44 bits per heavy atom. The van der Waals surface area contributed by atoms with Crippen LogP contribution in [0.2, 0.25) is 0 Å². The third-order valence-corrected chi connectivity index (χ3v) is 2.38. The zero-order valence-electron chi connectivity index (χ0n) is 11.2. The van der Waals surface area contributed by atoms with E-state index >= 15 is 0 Å². The van der Waals surface area contributed by atoms with Crippen molar-refractivity contribution in [3.8, 4) is 5.75 Å². The highest BCUT2D eigenvalue weighted by atomic mass is 16.5. The van der Waals surface area contributed by atoms with Crippen molar-refractivity contribution in [1.82, 2.24) is 5.32 Å². The van der Waals surface area contributed by atoms with Crippen LogP contribution in [0, 0.1) is 12.8 Å². The zero-order valence-corrected chi connectivity index (χ0v) is 11.2. The zero-order chi connectivity index (χ0) is 13.5. The van der Waals surface area contributed by atoms with Gasteiger partial charge in [0, 0.05) is 13.2 Å². The van der Waals surface area contributed by atoms with Gasteiger partial charge in [-0.05, 0) is 30.5 Å². The number of ether oxygens (including phenoxy) is 1. The number of aryl methyl sites for hydroxylation is 1. The Kier molecular flexibility index (Phi) is 5.65. The Hall–Kier alpha value is -1.55. The fourth-order valence-electron chi connectivity index (χ4n) is 1.48. The lowest BCUT2D eigenvalue weighted by molar-refractivity contribution is 0.0884. The minimum Gasteiger partial charge on any atom is -0.507 e. The molecule has 1 amide bonds. The molecule has 0 aliphatic carbocycles. The van der Waals surface area contributed by atoms with Crippen molar-refractivity contribution in [2.45, 2.75) is 20.8 Å². The van der Waals surface area contributed by atoms with Crippen LogP contribution in [0.3, 0.4) is 0 Å². The van der Waals surface area contributed by atoms with Gasteiger partial charge in [-0.3, -0.25) is 4.79 Å². The van der Waals surface area contributed by atoms with Crippen LogP contribution in [-0.4, -0.2) is 30.8 Å². The average Bonchev–Trinajstić information content (AvgIpc) is 2.27. The molecule has 0 aromatic heterocycles. The van der Waals surface area contributed by atoms with E-state index < -0.39 is 0 Å². The van der Waals surface area contributed by atoms with Crippen LogP contribution in [-0.2, 0) is 4.74 Å². The summed E-state index contributed by atoms with van der Waals surface area (Å²) in [6, 6.07) is 4.99. The fourth-order valence-corrected chi connectivity index (χ4v) is 1.48. The normalized spacial score (nSPS) is 10.7. The maximum Gasteiger partial charge on any atom is 0.255 e. The highest BCUT2D eigenvalue weighted by Crippen LogP contribution is 2.17. The van der Waals surface area contributed by atoms with Crippen LogP contribution in [0.15, 0.2) is 18.2 Å². The van der Waals surface area contributed by atoms with Crippen LogP contribution in [0.1, 0.15) is 29.8 Å². The predicted molar refractivity (Wildman–Crippen MR) is 70.8 cm³/mol. The maximum absolute atomic E-state index is 11.7. The summed E-state index contributed by atoms with van der Waals surface area (Å²) in [5, 5.41) is 12.4. The van der Waals surface area contributed by atoms with E-state index in [1.165, 1.54) is 0 Å². The average molecular weight is 251 g/mol. The van der Waals surface area contributed by atoms with Gasteiger partial charge >= 0.3 is 0 Å². The largest absolute Gasteiger partial charge is 0.507 e. The molecule has 0 spiro atoms. The van der Waals surface area contributed by atoms with Gasteiger partial charge in [0.15, 0.2) is 0 Å². The third-order valence-electron chi connectivity index (χ3n) is 2.38. The van der Waals surface area contributed by atoms with Gasteiger partial charge in [-0.1, -0.05) is 19.9 Å². The van der Waals surface area contributed by atoms with Gasteiger partial charge in [-0.25, -0.2) is 0 Å². The highest BCUT2D eigenvalue weighted by Gasteiger charge is 2.10. The van der Waals surface area contributed by atoms with Gasteiger partial charge in [0.2, 0.25) is 0 Å². The first kappa shape index (κ1) is 14.5.